The van der Waals surface area contributed by atoms with Crippen LogP contribution in [0.15, 0.2) is 48.5 Å². The van der Waals surface area contributed by atoms with E-state index in [-0.39, 0.29) is 16.8 Å². The predicted molar refractivity (Wildman–Crippen MR) is 83.9 cm³/mol. The van der Waals surface area contributed by atoms with E-state index >= 15 is 0 Å². The van der Waals surface area contributed by atoms with E-state index < -0.39 is 23.1 Å². The van der Waals surface area contributed by atoms with Crippen molar-refractivity contribution in [2.45, 2.75) is 13.0 Å². The fraction of sp³-hybridized carbons (Fsp3) is 0.125. The number of anilines is 1. The van der Waals surface area contributed by atoms with Gasteiger partial charge in [0, 0.05) is 22.4 Å². The molecule has 1 atom stereocenters. The Morgan fingerprint density at radius 2 is 1.83 bits per heavy atom. The maximum absolute atomic E-state index is 12.2. The van der Waals surface area contributed by atoms with Gasteiger partial charge in [0.15, 0.2) is 0 Å². The molecule has 0 radical (unpaired) electrons. The van der Waals surface area contributed by atoms with Crippen molar-refractivity contribution in [2.75, 3.05) is 5.32 Å². The van der Waals surface area contributed by atoms with Crippen LogP contribution >= 0.6 is 0 Å². The highest BCUT2D eigenvalue weighted by Gasteiger charge is 2.17. The molecule has 0 aliphatic heterocycles. The van der Waals surface area contributed by atoms with Crippen molar-refractivity contribution in [3.05, 3.63) is 75.3 Å². The van der Waals surface area contributed by atoms with Crippen molar-refractivity contribution >= 4 is 17.6 Å². The third kappa shape index (κ3) is 4.14. The zero-order valence-electron chi connectivity index (χ0n) is 12.6. The van der Waals surface area contributed by atoms with Gasteiger partial charge in [-0.1, -0.05) is 18.2 Å². The molecule has 8 nitrogen and oxygen atoms in total. The third-order valence-corrected chi connectivity index (χ3v) is 3.18. The van der Waals surface area contributed by atoms with Crippen LogP contribution in [-0.2, 0) is 4.84 Å². The van der Waals surface area contributed by atoms with Gasteiger partial charge in [-0.25, -0.2) is 4.84 Å². The second kappa shape index (κ2) is 7.34. The molecule has 0 heterocycles. The van der Waals surface area contributed by atoms with Crippen molar-refractivity contribution in [1.82, 2.24) is 0 Å². The van der Waals surface area contributed by atoms with Crippen LogP contribution in [0.25, 0.3) is 0 Å². The molecule has 0 saturated carbocycles. The topological polar surface area (TPSA) is 119 Å². The molecule has 2 aromatic carbocycles. The molecule has 8 heteroatoms. The van der Waals surface area contributed by atoms with Gasteiger partial charge in [0.25, 0.3) is 5.91 Å². The van der Waals surface area contributed by atoms with E-state index in [9.17, 15) is 24.8 Å². The Bertz CT molecular complexity index is 773. The van der Waals surface area contributed by atoms with Gasteiger partial charge in [0.05, 0.1) is 6.10 Å². The minimum absolute atomic E-state index is 0.111. The summed E-state index contributed by atoms with van der Waals surface area (Å²) in [7, 11) is 0. The molecule has 0 aliphatic carbocycles. The highest BCUT2D eigenvalue weighted by Crippen LogP contribution is 2.25. The summed E-state index contributed by atoms with van der Waals surface area (Å²) in [5, 5.41) is 21.5. The minimum Gasteiger partial charge on any atom is -0.389 e. The average molecular weight is 330 g/mol. The van der Waals surface area contributed by atoms with Gasteiger partial charge in [-0.05, 0) is 37.3 Å². The Labute approximate surface area is 136 Å². The fourth-order valence-electron chi connectivity index (χ4n) is 2.05. The van der Waals surface area contributed by atoms with Gasteiger partial charge in [0.1, 0.15) is 0 Å². The van der Waals surface area contributed by atoms with Gasteiger partial charge in [-0.15, -0.1) is 10.1 Å². The molecule has 0 spiro atoms. The molecule has 0 fully saturated rings. The maximum Gasteiger partial charge on any atom is 0.334 e. The Morgan fingerprint density at radius 3 is 2.42 bits per heavy atom. The summed E-state index contributed by atoms with van der Waals surface area (Å²) < 4.78 is 0. The standard InChI is InChI=1S/C16H14N2O6/c1-10(19)13-9-12(16(21)24-18(22)23)7-8-14(13)17-15(20)11-5-3-2-4-6-11/h2-10,19H,1H3,(H,17,20). The minimum atomic E-state index is -1.21. The smallest absolute Gasteiger partial charge is 0.334 e. The molecular formula is C16H14N2O6. The Hall–Kier alpha value is -3.26. The Kier molecular flexibility index (Phi) is 5.23. The molecule has 2 rings (SSSR count). The molecule has 1 amide bonds. The molecule has 0 aliphatic rings. The second-order valence-electron chi connectivity index (χ2n) is 4.90. The number of amides is 1. The number of rotatable bonds is 5. The molecule has 124 valence electrons. The van der Waals surface area contributed by atoms with E-state index in [1.807, 2.05) is 0 Å². The van der Waals surface area contributed by atoms with Crippen LogP contribution in [0.2, 0.25) is 0 Å². The lowest BCUT2D eigenvalue weighted by molar-refractivity contribution is -0.727. The van der Waals surface area contributed by atoms with Gasteiger partial charge >= 0.3 is 11.1 Å². The lowest BCUT2D eigenvalue weighted by Gasteiger charge is -2.14. The van der Waals surface area contributed by atoms with Crippen LogP contribution in [0.4, 0.5) is 5.69 Å². The normalized spacial score (nSPS) is 11.4. The number of nitrogens with one attached hydrogen (secondary N) is 1. The van der Waals surface area contributed by atoms with Crippen LogP contribution < -0.4 is 5.32 Å². The lowest BCUT2D eigenvalue weighted by atomic mass is 10.0. The van der Waals surface area contributed by atoms with Crippen molar-refractivity contribution < 1.29 is 24.6 Å². The van der Waals surface area contributed by atoms with Crippen molar-refractivity contribution in [3.63, 3.8) is 0 Å². The molecule has 2 aromatic rings. The first-order chi connectivity index (χ1) is 11.4. The van der Waals surface area contributed by atoms with E-state index in [0.717, 1.165) is 0 Å². The van der Waals surface area contributed by atoms with Crippen LogP contribution in [0.5, 0.6) is 0 Å². The Morgan fingerprint density at radius 1 is 1.17 bits per heavy atom. The lowest BCUT2D eigenvalue weighted by Crippen LogP contribution is -2.15. The van der Waals surface area contributed by atoms with Crippen molar-refractivity contribution in [2.24, 2.45) is 0 Å². The second-order valence-corrected chi connectivity index (χ2v) is 4.90. The number of carbonyl (C=O) groups excluding carboxylic acids is 2. The SMILES string of the molecule is CC(O)c1cc(C(=O)O[N+](=O)[O-])ccc1NC(=O)c1ccccc1. The summed E-state index contributed by atoms with van der Waals surface area (Å²) in [5.41, 5.74) is 0.833. The third-order valence-electron chi connectivity index (χ3n) is 3.18. The number of hydrogen-bond donors (Lipinski definition) is 2. The summed E-state index contributed by atoms with van der Waals surface area (Å²) in [6, 6.07) is 12.3. The zero-order valence-corrected chi connectivity index (χ0v) is 12.6. The van der Waals surface area contributed by atoms with Crippen LogP contribution in [0.3, 0.4) is 0 Å². The number of aliphatic hydroxyl groups is 1. The average Bonchev–Trinajstić information content (AvgIpc) is 2.55. The van der Waals surface area contributed by atoms with Gasteiger partial charge in [-0.2, -0.15) is 0 Å². The zero-order chi connectivity index (χ0) is 17.7. The number of hydrogen-bond acceptors (Lipinski definition) is 6. The summed E-state index contributed by atoms with van der Waals surface area (Å²) in [6.45, 7) is 1.44. The van der Waals surface area contributed by atoms with Crippen LogP contribution in [0.1, 0.15) is 39.3 Å². The summed E-state index contributed by atoms with van der Waals surface area (Å²) in [6.07, 6.45) is -1.01. The molecule has 0 saturated heterocycles. The molecule has 1 unspecified atom stereocenters. The van der Waals surface area contributed by atoms with E-state index in [1.54, 1.807) is 30.3 Å². The quantitative estimate of drug-likeness (QED) is 0.641. The first-order valence-electron chi connectivity index (χ1n) is 6.93. The van der Waals surface area contributed by atoms with Gasteiger partial charge in [0.2, 0.25) is 0 Å². The van der Waals surface area contributed by atoms with E-state index in [2.05, 4.69) is 10.2 Å². The fourth-order valence-corrected chi connectivity index (χ4v) is 2.05. The van der Waals surface area contributed by atoms with Crippen LogP contribution in [-0.4, -0.2) is 22.1 Å². The highest BCUT2D eigenvalue weighted by molar-refractivity contribution is 6.05. The monoisotopic (exact) mass is 330 g/mol. The van der Waals surface area contributed by atoms with Gasteiger partial charge in [-0.3, -0.25) is 9.59 Å². The summed E-state index contributed by atoms with van der Waals surface area (Å²) in [4.78, 5) is 37.8. The highest BCUT2D eigenvalue weighted by atomic mass is 17.0. The van der Waals surface area contributed by atoms with E-state index in [0.29, 0.717) is 5.56 Å². The maximum atomic E-state index is 12.2. The summed E-state index contributed by atoms with van der Waals surface area (Å²) in [5.74, 6) is -1.55. The molecule has 2 N–H and O–H groups in total. The number of carbonyl (C=O) groups is 2. The number of aliphatic hydroxyl groups excluding tert-OH is 1. The largest absolute Gasteiger partial charge is 0.389 e. The summed E-state index contributed by atoms with van der Waals surface area (Å²) >= 11 is 0. The van der Waals surface area contributed by atoms with Crippen molar-refractivity contribution in [3.8, 4) is 0 Å². The Balaban J connectivity index is 2.28. The molecule has 24 heavy (non-hydrogen) atoms. The molecule has 0 aromatic heterocycles. The first-order valence-corrected chi connectivity index (χ1v) is 6.93. The predicted octanol–water partition coefficient (Wildman–Crippen LogP) is 2.34. The van der Waals surface area contributed by atoms with E-state index in [1.165, 1.54) is 25.1 Å². The van der Waals surface area contributed by atoms with Crippen molar-refractivity contribution in [1.29, 1.82) is 0 Å². The number of nitrogens with zero attached hydrogens (tertiary/aromatic N) is 1. The van der Waals surface area contributed by atoms with E-state index in [4.69, 9.17) is 0 Å². The first kappa shape index (κ1) is 17.1. The van der Waals surface area contributed by atoms with Gasteiger partial charge < -0.3 is 10.4 Å². The van der Waals surface area contributed by atoms with Crippen LogP contribution in [0, 0.1) is 10.1 Å². The molecular weight excluding hydrogens is 316 g/mol. The number of benzene rings is 2. The molecule has 0 bridgehead atoms.